The van der Waals surface area contributed by atoms with E-state index in [-0.39, 0.29) is 5.91 Å². The van der Waals surface area contributed by atoms with Gasteiger partial charge >= 0.3 is 0 Å². The molecule has 0 aliphatic carbocycles. The normalized spacial score (nSPS) is 14.8. The average molecular weight is 371 g/mol. The van der Waals surface area contributed by atoms with Gasteiger partial charge in [-0.25, -0.2) is 9.97 Å². The number of aryl methyl sites for hydroxylation is 1. The van der Waals surface area contributed by atoms with Crippen molar-refractivity contribution in [3.8, 4) is 0 Å². The number of nitrogens with zero attached hydrogens (tertiary/aromatic N) is 6. The van der Waals surface area contributed by atoms with Crippen LogP contribution in [0.25, 0.3) is 11.0 Å². The number of hydrogen-bond donors (Lipinski definition) is 0. The molecule has 134 valence electrons. The first kappa shape index (κ1) is 16.8. The topological polar surface area (TPSA) is 67.2 Å². The summed E-state index contributed by atoms with van der Waals surface area (Å²) >= 11 is 6.17. The predicted molar refractivity (Wildman–Crippen MR) is 100 cm³/mol. The molecule has 2 aromatic heterocycles. The highest BCUT2D eigenvalue weighted by Crippen LogP contribution is 2.23. The van der Waals surface area contributed by atoms with Crippen LogP contribution in [-0.4, -0.2) is 56.7 Å². The molecule has 0 bridgehead atoms. The maximum atomic E-state index is 12.6. The molecule has 0 saturated carbocycles. The molecule has 0 atom stereocenters. The Kier molecular flexibility index (Phi) is 4.46. The number of hydrogen-bond acceptors (Lipinski definition) is 5. The first-order valence-corrected chi connectivity index (χ1v) is 8.90. The second-order valence-electron chi connectivity index (χ2n) is 6.34. The predicted octanol–water partition coefficient (Wildman–Crippen LogP) is 1.91. The number of aromatic nitrogens is 4. The number of piperazine rings is 1. The molecule has 0 unspecified atom stereocenters. The van der Waals surface area contributed by atoms with Gasteiger partial charge in [0.2, 0.25) is 5.91 Å². The van der Waals surface area contributed by atoms with Crippen LogP contribution < -0.4 is 4.90 Å². The Labute approximate surface area is 156 Å². The van der Waals surface area contributed by atoms with Crippen LogP contribution in [0, 0.1) is 0 Å². The van der Waals surface area contributed by atoms with Crippen LogP contribution >= 0.6 is 11.6 Å². The third kappa shape index (κ3) is 3.10. The van der Waals surface area contributed by atoms with Gasteiger partial charge in [0.05, 0.1) is 18.0 Å². The highest BCUT2D eigenvalue weighted by atomic mass is 35.5. The van der Waals surface area contributed by atoms with Gasteiger partial charge in [-0.3, -0.25) is 9.48 Å². The lowest BCUT2D eigenvalue weighted by Gasteiger charge is -2.35. The minimum absolute atomic E-state index is 0.104. The van der Waals surface area contributed by atoms with E-state index in [0.29, 0.717) is 24.5 Å². The molecule has 7 nitrogen and oxygen atoms in total. The molecular formula is C18H19ClN6O. The van der Waals surface area contributed by atoms with E-state index in [1.807, 2.05) is 36.2 Å². The van der Waals surface area contributed by atoms with E-state index in [4.69, 9.17) is 11.6 Å². The molecule has 4 rings (SSSR count). The number of amides is 1. The summed E-state index contributed by atoms with van der Waals surface area (Å²) in [5.41, 5.74) is 1.68. The molecule has 0 N–H and O–H groups in total. The molecule has 1 aromatic carbocycles. The van der Waals surface area contributed by atoms with Crippen molar-refractivity contribution in [2.45, 2.75) is 6.42 Å². The standard InChI is InChI=1S/C18H19ClN6O/c1-23-17-14(11-22-23)18(21-12-20-17)25-8-6-24(7-9-25)16(26)10-13-4-2-3-5-15(13)19/h2-5,11-12H,6-10H2,1H3. The van der Waals surface area contributed by atoms with Crippen molar-refractivity contribution >= 4 is 34.4 Å². The Morgan fingerprint density at radius 1 is 1.15 bits per heavy atom. The van der Waals surface area contributed by atoms with Crippen molar-refractivity contribution in [1.29, 1.82) is 0 Å². The largest absolute Gasteiger partial charge is 0.352 e. The molecule has 0 spiro atoms. The van der Waals surface area contributed by atoms with Crippen LogP contribution in [0.5, 0.6) is 0 Å². The highest BCUT2D eigenvalue weighted by Gasteiger charge is 2.24. The van der Waals surface area contributed by atoms with Crippen LogP contribution in [0.2, 0.25) is 5.02 Å². The summed E-state index contributed by atoms with van der Waals surface area (Å²) in [5.74, 6) is 0.980. The lowest BCUT2D eigenvalue weighted by Crippen LogP contribution is -2.49. The molecule has 26 heavy (non-hydrogen) atoms. The Hall–Kier alpha value is -2.67. The number of carbonyl (C=O) groups is 1. The average Bonchev–Trinajstić information content (AvgIpc) is 3.05. The van der Waals surface area contributed by atoms with Crippen LogP contribution in [0.3, 0.4) is 0 Å². The second kappa shape index (κ2) is 6.92. The lowest BCUT2D eigenvalue weighted by atomic mass is 10.1. The van der Waals surface area contributed by atoms with E-state index in [0.717, 1.165) is 35.5 Å². The van der Waals surface area contributed by atoms with Crippen molar-refractivity contribution < 1.29 is 4.79 Å². The maximum absolute atomic E-state index is 12.6. The van der Waals surface area contributed by atoms with Gasteiger partial charge in [0.1, 0.15) is 12.1 Å². The van der Waals surface area contributed by atoms with E-state index in [1.54, 1.807) is 17.2 Å². The monoisotopic (exact) mass is 370 g/mol. The molecule has 1 amide bonds. The van der Waals surface area contributed by atoms with Crippen molar-refractivity contribution in [3.63, 3.8) is 0 Å². The number of halogens is 1. The zero-order valence-electron chi connectivity index (χ0n) is 14.5. The summed E-state index contributed by atoms with van der Waals surface area (Å²) in [5, 5.41) is 5.83. The molecule has 8 heteroatoms. The summed E-state index contributed by atoms with van der Waals surface area (Å²) in [6.07, 6.45) is 3.69. The molecule has 1 saturated heterocycles. The number of carbonyl (C=O) groups excluding carboxylic acids is 1. The van der Waals surface area contributed by atoms with E-state index in [2.05, 4.69) is 20.0 Å². The van der Waals surface area contributed by atoms with Crippen LogP contribution in [-0.2, 0) is 18.3 Å². The minimum atomic E-state index is 0.104. The Morgan fingerprint density at radius 2 is 1.92 bits per heavy atom. The Bertz CT molecular complexity index is 948. The molecule has 0 radical (unpaired) electrons. The summed E-state index contributed by atoms with van der Waals surface area (Å²) in [7, 11) is 1.87. The van der Waals surface area contributed by atoms with E-state index in [1.165, 1.54) is 0 Å². The van der Waals surface area contributed by atoms with Gasteiger partial charge in [-0.2, -0.15) is 5.10 Å². The lowest BCUT2D eigenvalue weighted by molar-refractivity contribution is -0.130. The summed E-state index contributed by atoms with van der Waals surface area (Å²) in [6, 6.07) is 7.49. The number of rotatable bonds is 3. The second-order valence-corrected chi connectivity index (χ2v) is 6.75. The fourth-order valence-corrected chi connectivity index (χ4v) is 3.49. The van der Waals surface area contributed by atoms with Gasteiger partial charge in [-0.1, -0.05) is 29.8 Å². The highest BCUT2D eigenvalue weighted by molar-refractivity contribution is 6.31. The van der Waals surface area contributed by atoms with Gasteiger partial charge in [-0.05, 0) is 11.6 Å². The molecule has 3 heterocycles. The third-order valence-electron chi connectivity index (χ3n) is 4.74. The first-order valence-electron chi connectivity index (χ1n) is 8.52. The van der Waals surface area contributed by atoms with Gasteiger partial charge in [0, 0.05) is 38.2 Å². The number of fused-ring (bicyclic) bond motifs is 1. The smallest absolute Gasteiger partial charge is 0.227 e. The summed E-state index contributed by atoms with van der Waals surface area (Å²) in [4.78, 5) is 25.4. The van der Waals surface area contributed by atoms with Gasteiger partial charge < -0.3 is 9.80 Å². The van der Waals surface area contributed by atoms with Crippen LogP contribution in [0.15, 0.2) is 36.8 Å². The van der Waals surface area contributed by atoms with Crippen LogP contribution in [0.4, 0.5) is 5.82 Å². The molecule has 1 aliphatic heterocycles. The van der Waals surface area contributed by atoms with Gasteiger partial charge in [-0.15, -0.1) is 0 Å². The van der Waals surface area contributed by atoms with Crippen molar-refractivity contribution in [2.75, 3.05) is 31.1 Å². The van der Waals surface area contributed by atoms with E-state index < -0.39 is 0 Å². The number of anilines is 1. The quantitative estimate of drug-likeness (QED) is 0.704. The van der Waals surface area contributed by atoms with Crippen molar-refractivity contribution in [1.82, 2.24) is 24.6 Å². The van der Waals surface area contributed by atoms with Crippen molar-refractivity contribution in [2.24, 2.45) is 7.05 Å². The van der Waals surface area contributed by atoms with E-state index in [9.17, 15) is 4.79 Å². The zero-order valence-corrected chi connectivity index (χ0v) is 15.2. The SMILES string of the molecule is Cn1ncc2c(N3CCN(C(=O)Cc4ccccc4Cl)CC3)ncnc21. The minimum Gasteiger partial charge on any atom is -0.352 e. The van der Waals surface area contributed by atoms with Crippen LogP contribution in [0.1, 0.15) is 5.56 Å². The first-order chi connectivity index (χ1) is 12.6. The van der Waals surface area contributed by atoms with Gasteiger partial charge in [0.15, 0.2) is 5.65 Å². The molecule has 3 aromatic rings. The number of benzene rings is 1. The van der Waals surface area contributed by atoms with Crippen molar-refractivity contribution in [3.05, 3.63) is 47.4 Å². The van der Waals surface area contributed by atoms with Gasteiger partial charge in [0.25, 0.3) is 0 Å². The maximum Gasteiger partial charge on any atom is 0.227 e. The summed E-state index contributed by atoms with van der Waals surface area (Å²) in [6.45, 7) is 2.79. The molecule has 1 fully saturated rings. The summed E-state index contributed by atoms with van der Waals surface area (Å²) < 4.78 is 1.74. The van der Waals surface area contributed by atoms with E-state index >= 15 is 0 Å². The third-order valence-corrected chi connectivity index (χ3v) is 5.11. The molecule has 1 aliphatic rings. The zero-order chi connectivity index (χ0) is 18.1. The molecular weight excluding hydrogens is 352 g/mol. The Balaban J connectivity index is 1.44. The Morgan fingerprint density at radius 3 is 2.69 bits per heavy atom. The fraction of sp³-hybridized carbons (Fsp3) is 0.333. The fourth-order valence-electron chi connectivity index (χ4n) is 3.29.